The fourth-order valence-corrected chi connectivity index (χ4v) is 7.62. The number of nitrogens with zero attached hydrogens (tertiary/aromatic N) is 6. The maximum absolute atomic E-state index is 5.02. The van der Waals surface area contributed by atoms with E-state index in [4.69, 9.17) is 15.0 Å². The Bertz CT molecular complexity index is 2640. The van der Waals surface area contributed by atoms with E-state index in [2.05, 4.69) is 142 Å². The molecule has 5 aromatic carbocycles. The van der Waals surface area contributed by atoms with Crippen LogP contribution in [0.15, 0.2) is 177 Å². The van der Waals surface area contributed by atoms with Gasteiger partial charge in [0.1, 0.15) is 0 Å². The first-order valence-electron chi connectivity index (χ1n) is 17.3. The van der Waals surface area contributed by atoms with Crippen LogP contribution in [-0.2, 0) is 0 Å². The number of benzene rings is 5. The Morgan fingerprint density at radius 3 is 1.88 bits per heavy atom. The summed E-state index contributed by atoms with van der Waals surface area (Å²) in [6.45, 7) is -0.0167. The average molecular weight is 665 g/mol. The third kappa shape index (κ3) is 5.02. The maximum atomic E-state index is 5.02. The lowest BCUT2D eigenvalue weighted by Gasteiger charge is -2.40. The molecule has 3 aromatic heterocycles. The van der Waals surface area contributed by atoms with Gasteiger partial charge in [0, 0.05) is 52.7 Å². The Kier molecular flexibility index (Phi) is 7.13. The zero-order valence-corrected chi connectivity index (χ0v) is 28.0. The van der Waals surface area contributed by atoms with Crippen LogP contribution in [0.5, 0.6) is 0 Å². The van der Waals surface area contributed by atoms with Crippen LogP contribution < -0.4 is 10.3 Å². The van der Waals surface area contributed by atoms with Crippen LogP contribution in [0.25, 0.3) is 72.7 Å². The number of rotatable bonds is 5. The zero-order chi connectivity index (χ0) is 34.4. The quantitative estimate of drug-likeness (QED) is 0.171. The van der Waals surface area contributed by atoms with Crippen LogP contribution >= 0.6 is 0 Å². The van der Waals surface area contributed by atoms with E-state index < -0.39 is 0 Å². The molecule has 242 valence electrons. The summed E-state index contributed by atoms with van der Waals surface area (Å²) in [4.78, 5) is 25.8. The van der Waals surface area contributed by atoms with Gasteiger partial charge in [0.15, 0.2) is 17.5 Å². The van der Waals surface area contributed by atoms with E-state index in [0.29, 0.717) is 17.5 Å². The maximum Gasteiger partial charge on any atom is 0.328 e. The summed E-state index contributed by atoms with van der Waals surface area (Å²) in [6.07, 6.45) is 13.7. The molecule has 0 unspecified atom stereocenters. The van der Waals surface area contributed by atoms with E-state index in [1.165, 1.54) is 38.5 Å². The van der Waals surface area contributed by atoms with Crippen LogP contribution in [0.2, 0.25) is 0 Å². The molecule has 0 radical (unpaired) electrons. The Labute approximate surface area is 301 Å². The van der Waals surface area contributed by atoms with Crippen LogP contribution in [-0.4, -0.2) is 31.8 Å². The number of pyridine rings is 2. The first-order valence-corrected chi connectivity index (χ1v) is 17.3. The van der Waals surface area contributed by atoms with Crippen molar-refractivity contribution >= 4 is 34.2 Å². The molecular formula is C45H29BN6. The summed E-state index contributed by atoms with van der Waals surface area (Å²) >= 11 is 0. The molecule has 7 heteroatoms. The van der Waals surface area contributed by atoms with Gasteiger partial charge < -0.3 is 4.81 Å². The fraction of sp³-hybridized carbons (Fsp3) is 0. The van der Waals surface area contributed by atoms with E-state index in [1.807, 2.05) is 24.3 Å². The van der Waals surface area contributed by atoms with E-state index in [1.54, 1.807) is 24.8 Å². The molecule has 5 heterocycles. The summed E-state index contributed by atoms with van der Waals surface area (Å²) in [5.74, 6) is 1.77. The van der Waals surface area contributed by atoms with Crippen molar-refractivity contribution in [2.45, 2.75) is 0 Å². The molecule has 10 rings (SSSR count). The Hall–Kier alpha value is -6.99. The van der Waals surface area contributed by atoms with Crippen LogP contribution in [0, 0.1) is 0 Å². The lowest BCUT2D eigenvalue weighted by molar-refractivity contribution is 1.07. The van der Waals surface area contributed by atoms with Gasteiger partial charge in [-0.25, -0.2) is 15.0 Å². The van der Waals surface area contributed by atoms with E-state index in [9.17, 15) is 0 Å². The Morgan fingerprint density at radius 1 is 0.481 bits per heavy atom. The molecule has 2 aliphatic rings. The van der Waals surface area contributed by atoms with Crippen molar-refractivity contribution in [2.75, 3.05) is 4.81 Å². The van der Waals surface area contributed by atoms with Gasteiger partial charge in [-0.3, -0.25) is 9.97 Å². The minimum Gasteiger partial charge on any atom is -0.383 e. The normalized spacial score (nSPS) is 13.0. The number of hydrogen-bond acceptors (Lipinski definition) is 6. The predicted molar refractivity (Wildman–Crippen MR) is 212 cm³/mol. The second-order valence-corrected chi connectivity index (χ2v) is 12.9. The lowest BCUT2D eigenvalue weighted by atomic mass is 9.43. The standard InChI is InChI=1S/C45H29BN6/c1-2-9-30(10-3-1)38-29-34(45-50-43(32-20-24-47-25-21-32)49-44(51-45)33-22-26-48-27-23-33)16-18-36(38)39-15-8-28-52-41-19-17-31-11-4-5-12-35(31)42(41)37-13-6-7-14-40(37)46(39)52/h1-29H. The van der Waals surface area contributed by atoms with Crippen molar-refractivity contribution in [2.24, 2.45) is 0 Å². The largest absolute Gasteiger partial charge is 0.383 e. The molecule has 0 spiro atoms. The molecular weight excluding hydrogens is 635 g/mol. The van der Waals surface area contributed by atoms with Crippen molar-refractivity contribution in [1.82, 2.24) is 24.9 Å². The van der Waals surface area contributed by atoms with Crippen LogP contribution in [0.1, 0.15) is 5.56 Å². The first kappa shape index (κ1) is 29.9. The van der Waals surface area contributed by atoms with Crippen molar-refractivity contribution in [1.29, 1.82) is 0 Å². The molecule has 0 aliphatic carbocycles. The van der Waals surface area contributed by atoms with Gasteiger partial charge in [-0.15, -0.1) is 0 Å². The third-order valence-electron chi connectivity index (χ3n) is 9.99. The second kappa shape index (κ2) is 12.4. The first-order chi connectivity index (χ1) is 25.8. The molecule has 0 atom stereocenters. The summed E-state index contributed by atoms with van der Waals surface area (Å²) < 4.78 is 0. The summed E-state index contributed by atoms with van der Waals surface area (Å²) in [5, 5.41) is 2.50. The number of anilines is 1. The lowest BCUT2D eigenvalue weighted by Crippen LogP contribution is -2.51. The van der Waals surface area contributed by atoms with Crippen molar-refractivity contribution in [3.05, 3.63) is 182 Å². The predicted octanol–water partition coefficient (Wildman–Crippen LogP) is 9.32. The van der Waals surface area contributed by atoms with Crippen molar-refractivity contribution in [3.63, 3.8) is 0 Å². The van der Waals surface area contributed by atoms with Gasteiger partial charge in [-0.1, -0.05) is 103 Å². The number of aromatic nitrogens is 5. The molecule has 0 saturated heterocycles. The van der Waals surface area contributed by atoms with Crippen LogP contribution in [0.4, 0.5) is 5.69 Å². The number of fused-ring (bicyclic) bond motifs is 8. The second-order valence-electron chi connectivity index (χ2n) is 12.9. The van der Waals surface area contributed by atoms with E-state index in [0.717, 1.165) is 33.4 Å². The van der Waals surface area contributed by atoms with Gasteiger partial charge in [-0.05, 0) is 92.6 Å². The zero-order valence-electron chi connectivity index (χ0n) is 28.0. The number of allylic oxidation sites excluding steroid dienone is 2. The van der Waals surface area contributed by atoms with Gasteiger partial charge in [-0.2, -0.15) is 0 Å². The molecule has 0 fully saturated rings. The highest BCUT2D eigenvalue weighted by molar-refractivity contribution is 6.95. The molecule has 0 saturated carbocycles. The molecule has 0 bridgehead atoms. The minimum absolute atomic E-state index is 0.0167. The van der Waals surface area contributed by atoms with Gasteiger partial charge in [0.05, 0.1) is 0 Å². The highest BCUT2D eigenvalue weighted by Gasteiger charge is 2.39. The van der Waals surface area contributed by atoms with Crippen molar-refractivity contribution < 1.29 is 0 Å². The third-order valence-corrected chi connectivity index (χ3v) is 9.99. The van der Waals surface area contributed by atoms with Gasteiger partial charge in [0.25, 0.3) is 0 Å². The molecule has 6 nitrogen and oxygen atoms in total. The smallest absolute Gasteiger partial charge is 0.328 e. The molecule has 2 aliphatic heterocycles. The highest BCUT2D eigenvalue weighted by atomic mass is 15.1. The van der Waals surface area contributed by atoms with E-state index >= 15 is 0 Å². The Balaban J connectivity index is 1.16. The topological polar surface area (TPSA) is 67.7 Å². The summed E-state index contributed by atoms with van der Waals surface area (Å²) in [6, 6.07) is 47.0. The highest BCUT2D eigenvalue weighted by Crippen LogP contribution is 2.45. The minimum atomic E-state index is -0.0167. The number of hydrogen-bond donors (Lipinski definition) is 0. The molecule has 52 heavy (non-hydrogen) atoms. The SMILES string of the molecule is C1=CN2B(C(c3ccc(-c4nc(-c5ccncc5)nc(-c5ccncc5)n4)cc3-c3ccccc3)=C1)c1ccccc1-c1c2ccc2ccccc12. The van der Waals surface area contributed by atoms with Crippen molar-refractivity contribution in [3.8, 4) is 56.4 Å². The summed E-state index contributed by atoms with van der Waals surface area (Å²) in [7, 11) is 0. The summed E-state index contributed by atoms with van der Waals surface area (Å²) in [5.41, 5.74) is 12.3. The molecule has 8 aromatic rings. The van der Waals surface area contributed by atoms with Gasteiger partial charge in [0.2, 0.25) is 0 Å². The van der Waals surface area contributed by atoms with Gasteiger partial charge >= 0.3 is 6.85 Å². The molecule has 0 N–H and O–H groups in total. The monoisotopic (exact) mass is 664 g/mol. The average Bonchev–Trinajstić information content (AvgIpc) is 3.24. The van der Waals surface area contributed by atoms with E-state index in [-0.39, 0.29) is 6.85 Å². The molecule has 0 amide bonds. The van der Waals surface area contributed by atoms with Crippen LogP contribution in [0.3, 0.4) is 0 Å². The fourth-order valence-electron chi connectivity index (χ4n) is 7.62. The Morgan fingerprint density at radius 2 is 1.13 bits per heavy atom.